The van der Waals surface area contributed by atoms with Gasteiger partial charge in [0.15, 0.2) is 11.5 Å². The van der Waals surface area contributed by atoms with E-state index in [0.29, 0.717) is 55.8 Å². The first kappa shape index (κ1) is 24.2. The van der Waals surface area contributed by atoms with Crippen molar-refractivity contribution in [2.45, 2.75) is 44.5 Å². The second kappa shape index (κ2) is 10.6. The summed E-state index contributed by atoms with van der Waals surface area (Å²) in [5.41, 5.74) is 0.217. The lowest BCUT2D eigenvalue weighted by Crippen LogP contribution is -2.61. The fraction of sp³-hybridized carbons (Fsp3) is 0.560. The van der Waals surface area contributed by atoms with Gasteiger partial charge in [0, 0.05) is 44.7 Å². The molecule has 1 unspecified atom stereocenters. The normalized spacial score (nSPS) is 20.0. The van der Waals surface area contributed by atoms with Crippen molar-refractivity contribution in [1.82, 2.24) is 14.9 Å². The highest BCUT2D eigenvalue weighted by molar-refractivity contribution is 5.95. The summed E-state index contributed by atoms with van der Waals surface area (Å²) in [6.07, 6.45) is 4.91. The molecule has 2 fully saturated rings. The number of amides is 1. The fourth-order valence-corrected chi connectivity index (χ4v) is 4.69. The summed E-state index contributed by atoms with van der Waals surface area (Å²) in [5.74, 6) is 1.87. The zero-order valence-electron chi connectivity index (χ0n) is 20.4. The topological polar surface area (TPSA) is 86.3 Å². The van der Waals surface area contributed by atoms with E-state index in [9.17, 15) is 4.79 Å². The average Bonchev–Trinajstić information content (AvgIpc) is 2.84. The van der Waals surface area contributed by atoms with Crippen LogP contribution < -0.4 is 14.4 Å². The van der Waals surface area contributed by atoms with Gasteiger partial charge in [-0.1, -0.05) is 0 Å². The molecule has 1 atom stereocenters. The number of benzene rings is 1. The number of aromatic nitrogens is 2. The molecular weight excluding hydrogens is 436 g/mol. The average molecular weight is 471 g/mol. The van der Waals surface area contributed by atoms with Gasteiger partial charge in [-0.25, -0.2) is 9.97 Å². The van der Waals surface area contributed by atoms with E-state index >= 15 is 0 Å². The number of hydrogen-bond acceptors (Lipinski definition) is 8. The van der Waals surface area contributed by atoms with Crippen molar-refractivity contribution in [2.75, 3.05) is 51.9 Å². The first-order chi connectivity index (χ1) is 16.4. The minimum absolute atomic E-state index is 0.0169. The molecule has 1 aromatic heterocycles. The van der Waals surface area contributed by atoms with E-state index in [1.165, 1.54) is 0 Å². The number of methoxy groups -OCH3 is 2. The van der Waals surface area contributed by atoms with Crippen molar-refractivity contribution in [3.63, 3.8) is 0 Å². The quantitative estimate of drug-likeness (QED) is 0.611. The second-order valence-electron chi connectivity index (χ2n) is 9.13. The van der Waals surface area contributed by atoms with Crippen LogP contribution in [0.2, 0.25) is 0 Å². The third-order valence-electron chi connectivity index (χ3n) is 6.24. The Morgan fingerprint density at radius 1 is 1.18 bits per heavy atom. The van der Waals surface area contributed by atoms with Gasteiger partial charge in [-0.05, 0) is 51.0 Å². The van der Waals surface area contributed by atoms with Gasteiger partial charge in [0.25, 0.3) is 5.91 Å². The molecule has 2 aromatic rings. The second-order valence-corrected chi connectivity index (χ2v) is 9.13. The largest absolute Gasteiger partial charge is 0.493 e. The first-order valence-electron chi connectivity index (χ1n) is 11.8. The Kier molecular flexibility index (Phi) is 7.53. The summed E-state index contributed by atoms with van der Waals surface area (Å²) < 4.78 is 23.2. The molecule has 2 aliphatic heterocycles. The lowest BCUT2D eigenvalue weighted by atomic mass is 9.88. The monoisotopic (exact) mass is 470 g/mol. The smallest absolute Gasteiger partial charge is 0.253 e. The van der Waals surface area contributed by atoms with Crippen molar-refractivity contribution >= 4 is 11.9 Å². The van der Waals surface area contributed by atoms with Gasteiger partial charge >= 0.3 is 0 Å². The van der Waals surface area contributed by atoms with E-state index < -0.39 is 0 Å². The number of anilines is 1. The molecule has 0 bridgehead atoms. The molecule has 2 saturated heterocycles. The molecule has 9 nitrogen and oxygen atoms in total. The molecule has 1 amide bonds. The number of nitrogens with zero attached hydrogens (tertiary/aromatic N) is 4. The Hall–Kier alpha value is -2.91. The molecule has 3 heterocycles. The van der Waals surface area contributed by atoms with Crippen molar-refractivity contribution in [3.8, 4) is 11.5 Å². The number of piperidine rings is 1. The van der Waals surface area contributed by atoms with Crippen molar-refractivity contribution in [1.29, 1.82) is 0 Å². The van der Waals surface area contributed by atoms with Gasteiger partial charge < -0.3 is 28.7 Å². The van der Waals surface area contributed by atoms with Gasteiger partial charge in [-0.15, -0.1) is 0 Å². The summed E-state index contributed by atoms with van der Waals surface area (Å²) in [6, 6.07) is 7.17. The van der Waals surface area contributed by atoms with E-state index in [2.05, 4.69) is 14.9 Å². The molecule has 0 N–H and O–H groups in total. The zero-order chi connectivity index (χ0) is 24.1. The maximum absolute atomic E-state index is 13.3. The number of rotatable bonds is 7. The van der Waals surface area contributed by atoms with Crippen LogP contribution >= 0.6 is 0 Å². The lowest BCUT2D eigenvalue weighted by Gasteiger charge is -2.49. The molecule has 0 radical (unpaired) electrons. The van der Waals surface area contributed by atoms with Gasteiger partial charge in [-0.2, -0.15) is 0 Å². The highest BCUT2D eigenvalue weighted by Crippen LogP contribution is 2.35. The Morgan fingerprint density at radius 3 is 2.56 bits per heavy atom. The molecular formula is C25H34N4O5. The SMILES string of the molecule is COCC1CN(c2ncccn2)CC2(CCN(C(=O)c3ccc(OC(C)C)c(OC)c3)CC2)O1. The molecule has 34 heavy (non-hydrogen) atoms. The Morgan fingerprint density at radius 2 is 1.91 bits per heavy atom. The van der Waals surface area contributed by atoms with Gasteiger partial charge in [0.2, 0.25) is 5.95 Å². The standard InChI is InChI=1S/C25H34N4O5/c1-18(2)33-21-7-6-19(14-22(21)32-4)23(30)28-12-8-25(9-13-28)17-29(15-20(34-25)16-31-3)24-26-10-5-11-27-24/h5-7,10-11,14,18,20H,8-9,12-13,15-17H2,1-4H3. The Labute approximate surface area is 201 Å². The minimum atomic E-state index is -0.371. The van der Waals surface area contributed by atoms with Crippen LogP contribution in [0.15, 0.2) is 36.7 Å². The molecule has 184 valence electrons. The molecule has 2 aliphatic rings. The van der Waals surface area contributed by atoms with E-state index in [1.54, 1.807) is 44.8 Å². The molecule has 1 spiro atoms. The highest BCUT2D eigenvalue weighted by Gasteiger charge is 2.44. The maximum atomic E-state index is 13.3. The van der Waals surface area contributed by atoms with Crippen molar-refractivity contribution in [2.24, 2.45) is 0 Å². The van der Waals surface area contributed by atoms with Crippen LogP contribution in [0.3, 0.4) is 0 Å². The van der Waals surface area contributed by atoms with Crippen LogP contribution in [0.5, 0.6) is 11.5 Å². The van der Waals surface area contributed by atoms with Gasteiger partial charge in [0.05, 0.1) is 38.1 Å². The predicted molar refractivity (Wildman–Crippen MR) is 128 cm³/mol. The van der Waals surface area contributed by atoms with Crippen molar-refractivity contribution < 1.29 is 23.7 Å². The summed E-state index contributed by atoms with van der Waals surface area (Å²) in [4.78, 5) is 26.2. The number of likely N-dealkylation sites (tertiary alicyclic amines) is 1. The van der Waals surface area contributed by atoms with E-state index in [1.807, 2.05) is 24.8 Å². The highest BCUT2D eigenvalue weighted by atomic mass is 16.5. The Balaban J connectivity index is 1.45. The number of carbonyl (C=O) groups excluding carboxylic acids is 1. The van der Waals surface area contributed by atoms with E-state index in [0.717, 1.165) is 12.8 Å². The number of carbonyl (C=O) groups is 1. The third kappa shape index (κ3) is 5.42. The molecule has 0 aliphatic carbocycles. The lowest BCUT2D eigenvalue weighted by molar-refractivity contribution is -0.145. The number of morpholine rings is 1. The molecule has 1 aromatic carbocycles. The van der Waals surface area contributed by atoms with Crippen LogP contribution in [0.25, 0.3) is 0 Å². The minimum Gasteiger partial charge on any atom is -0.493 e. The maximum Gasteiger partial charge on any atom is 0.253 e. The van der Waals surface area contributed by atoms with Crippen LogP contribution in [0, 0.1) is 0 Å². The number of hydrogen-bond donors (Lipinski definition) is 0. The predicted octanol–water partition coefficient (Wildman–Crippen LogP) is 2.80. The summed E-state index contributed by atoms with van der Waals surface area (Å²) in [7, 11) is 3.27. The first-order valence-corrected chi connectivity index (χ1v) is 11.8. The zero-order valence-corrected chi connectivity index (χ0v) is 20.4. The van der Waals surface area contributed by atoms with E-state index in [4.69, 9.17) is 18.9 Å². The van der Waals surface area contributed by atoms with Crippen molar-refractivity contribution in [3.05, 3.63) is 42.2 Å². The fourth-order valence-electron chi connectivity index (χ4n) is 4.69. The molecule has 0 saturated carbocycles. The van der Waals surface area contributed by atoms with E-state index in [-0.39, 0.29) is 23.7 Å². The van der Waals surface area contributed by atoms with Crippen LogP contribution in [0.4, 0.5) is 5.95 Å². The van der Waals surface area contributed by atoms with Crippen LogP contribution in [-0.2, 0) is 9.47 Å². The molecule has 4 rings (SSSR count). The number of ether oxygens (including phenoxy) is 4. The van der Waals surface area contributed by atoms with Gasteiger partial charge in [-0.3, -0.25) is 4.79 Å². The summed E-state index contributed by atoms with van der Waals surface area (Å²) in [5, 5.41) is 0. The third-order valence-corrected chi connectivity index (χ3v) is 6.24. The Bertz CT molecular complexity index is 963. The van der Waals surface area contributed by atoms with Crippen LogP contribution in [-0.4, -0.2) is 85.6 Å². The summed E-state index contributed by atoms with van der Waals surface area (Å²) >= 11 is 0. The van der Waals surface area contributed by atoms with Gasteiger partial charge in [0.1, 0.15) is 0 Å². The van der Waals surface area contributed by atoms with Crippen LogP contribution in [0.1, 0.15) is 37.0 Å². The molecule has 9 heteroatoms. The summed E-state index contributed by atoms with van der Waals surface area (Å²) in [6.45, 7) is 6.98.